The number of imide groups is 1. The first-order chi connectivity index (χ1) is 9.00. The molecule has 19 heavy (non-hydrogen) atoms. The second-order valence-electron chi connectivity index (χ2n) is 5.95. The highest BCUT2D eigenvalue weighted by Gasteiger charge is 2.39. The zero-order chi connectivity index (χ0) is 14.0. The molecular formula is C14H25N3O2. The molecule has 2 saturated heterocycles. The lowest BCUT2D eigenvalue weighted by molar-refractivity contribution is -0.140. The van der Waals surface area contributed by atoms with Crippen LogP contribution in [-0.2, 0) is 9.59 Å². The summed E-state index contributed by atoms with van der Waals surface area (Å²) in [6.45, 7) is 9.02. The Morgan fingerprint density at radius 1 is 1.21 bits per heavy atom. The Labute approximate surface area is 115 Å². The van der Waals surface area contributed by atoms with E-state index in [1.54, 1.807) is 0 Å². The van der Waals surface area contributed by atoms with Crippen molar-refractivity contribution in [2.75, 3.05) is 19.6 Å². The standard InChI is InChI=1S/C14H25N3O2/c1-10(2)17-13(18)8-12(14(17)19)15-9-11(3)16-6-4-5-7-16/h10-12,15H,4-9H2,1-3H3. The summed E-state index contributed by atoms with van der Waals surface area (Å²) < 4.78 is 0. The van der Waals surface area contributed by atoms with Crippen LogP contribution in [0, 0.1) is 0 Å². The van der Waals surface area contributed by atoms with Crippen molar-refractivity contribution in [1.29, 1.82) is 0 Å². The van der Waals surface area contributed by atoms with Crippen molar-refractivity contribution in [2.24, 2.45) is 0 Å². The van der Waals surface area contributed by atoms with Gasteiger partial charge in [-0.05, 0) is 46.7 Å². The Morgan fingerprint density at radius 3 is 2.37 bits per heavy atom. The van der Waals surface area contributed by atoms with Gasteiger partial charge in [-0.2, -0.15) is 0 Å². The lowest BCUT2D eigenvalue weighted by Gasteiger charge is -2.25. The van der Waals surface area contributed by atoms with E-state index in [9.17, 15) is 9.59 Å². The molecular weight excluding hydrogens is 242 g/mol. The average Bonchev–Trinajstić information content (AvgIpc) is 2.94. The molecule has 1 N–H and O–H groups in total. The van der Waals surface area contributed by atoms with E-state index in [4.69, 9.17) is 0 Å². The van der Waals surface area contributed by atoms with Gasteiger partial charge < -0.3 is 5.32 Å². The summed E-state index contributed by atoms with van der Waals surface area (Å²) in [6.07, 6.45) is 2.85. The number of rotatable bonds is 5. The fourth-order valence-corrected chi connectivity index (χ4v) is 2.98. The zero-order valence-corrected chi connectivity index (χ0v) is 12.2. The number of nitrogens with zero attached hydrogens (tertiary/aromatic N) is 2. The van der Waals surface area contributed by atoms with Crippen LogP contribution in [0.3, 0.4) is 0 Å². The molecule has 0 aromatic heterocycles. The van der Waals surface area contributed by atoms with Gasteiger partial charge in [0.15, 0.2) is 0 Å². The van der Waals surface area contributed by atoms with Gasteiger partial charge in [-0.3, -0.25) is 19.4 Å². The summed E-state index contributed by atoms with van der Waals surface area (Å²) in [7, 11) is 0. The number of hydrogen-bond donors (Lipinski definition) is 1. The summed E-state index contributed by atoms with van der Waals surface area (Å²) in [5.41, 5.74) is 0. The second-order valence-corrected chi connectivity index (χ2v) is 5.95. The largest absolute Gasteiger partial charge is 0.304 e. The van der Waals surface area contributed by atoms with Gasteiger partial charge >= 0.3 is 0 Å². The molecule has 2 atom stereocenters. The smallest absolute Gasteiger partial charge is 0.247 e. The van der Waals surface area contributed by atoms with E-state index in [2.05, 4.69) is 17.1 Å². The third-order valence-corrected chi connectivity index (χ3v) is 4.12. The topological polar surface area (TPSA) is 52.7 Å². The predicted molar refractivity (Wildman–Crippen MR) is 73.7 cm³/mol. The van der Waals surface area contributed by atoms with Crippen LogP contribution < -0.4 is 5.32 Å². The van der Waals surface area contributed by atoms with Crippen molar-refractivity contribution in [2.45, 2.75) is 58.2 Å². The molecule has 0 aromatic carbocycles. The van der Waals surface area contributed by atoms with Crippen molar-refractivity contribution in [3.63, 3.8) is 0 Å². The second kappa shape index (κ2) is 6.01. The first-order valence-corrected chi connectivity index (χ1v) is 7.34. The lowest BCUT2D eigenvalue weighted by atomic mass is 10.2. The van der Waals surface area contributed by atoms with Crippen LogP contribution in [0.25, 0.3) is 0 Å². The highest BCUT2D eigenvalue weighted by atomic mass is 16.2. The number of carbonyl (C=O) groups excluding carboxylic acids is 2. The minimum atomic E-state index is -0.319. The molecule has 5 nitrogen and oxygen atoms in total. The summed E-state index contributed by atoms with van der Waals surface area (Å²) >= 11 is 0. The molecule has 2 fully saturated rings. The highest BCUT2D eigenvalue weighted by molar-refractivity contribution is 6.05. The molecule has 0 aliphatic carbocycles. The quantitative estimate of drug-likeness (QED) is 0.741. The van der Waals surface area contributed by atoms with Crippen LogP contribution in [0.2, 0.25) is 0 Å². The van der Waals surface area contributed by atoms with Crippen LogP contribution in [0.15, 0.2) is 0 Å². The maximum atomic E-state index is 12.1. The third-order valence-electron chi connectivity index (χ3n) is 4.12. The van der Waals surface area contributed by atoms with E-state index < -0.39 is 0 Å². The maximum Gasteiger partial charge on any atom is 0.247 e. The highest BCUT2D eigenvalue weighted by Crippen LogP contribution is 2.17. The van der Waals surface area contributed by atoms with Gasteiger partial charge in [-0.15, -0.1) is 0 Å². The van der Waals surface area contributed by atoms with Crippen molar-refractivity contribution >= 4 is 11.8 Å². The summed E-state index contributed by atoms with van der Waals surface area (Å²) in [6, 6.07) is 0.0706. The van der Waals surface area contributed by atoms with E-state index in [-0.39, 0.29) is 23.9 Å². The van der Waals surface area contributed by atoms with Crippen molar-refractivity contribution in [3.05, 3.63) is 0 Å². The summed E-state index contributed by atoms with van der Waals surface area (Å²) in [4.78, 5) is 27.7. The number of hydrogen-bond acceptors (Lipinski definition) is 4. The molecule has 2 amide bonds. The Bertz CT molecular complexity index is 351. The molecule has 2 unspecified atom stereocenters. The van der Waals surface area contributed by atoms with Crippen molar-refractivity contribution in [1.82, 2.24) is 15.1 Å². The minimum absolute atomic E-state index is 0.0391. The molecule has 2 aliphatic heterocycles. The molecule has 2 rings (SSSR count). The van der Waals surface area contributed by atoms with Crippen molar-refractivity contribution in [3.8, 4) is 0 Å². The molecule has 2 aliphatic rings. The zero-order valence-electron chi connectivity index (χ0n) is 12.2. The van der Waals surface area contributed by atoms with Gasteiger partial charge in [0.1, 0.15) is 0 Å². The van der Waals surface area contributed by atoms with Crippen LogP contribution in [-0.4, -0.2) is 59.4 Å². The summed E-state index contributed by atoms with van der Waals surface area (Å²) in [5.74, 6) is -0.111. The van der Waals surface area contributed by atoms with Crippen LogP contribution in [0.4, 0.5) is 0 Å². The van der Waals surface area contributed by atoms with Crippen LogP contribution in [0.5, 0.6) is 0 Å². The Morgan fingerprint density at radius 2 is 1.84 bits per heavy atom. The first-order valence-electron chi connectivity index (χ1n) is 7.34. The molecule has 0 radical (unpaired) electrons. The van der Waals surface area contributed by atoms with E-state index >= 15 is 0 Å². The van der Waals surface area contributed by atoms with E-state index in [1.165, 1.54) is 17.7 Å². The molecule has 0 saturated carbocycles. The number of likely N-dealkylation sites (tertiary alicyclic amines) is 2. The fraction of sp³-hybridized carbons (Fsp3) is 0.857. The van der Waals surface area contributed by atoms with Gasteiger partial charge in [0.25, 0.3) is 0 Å². The fourth-order valence-electron chi connectivity index (χ4n) is 2.98. The van der Waals surface area contributed by atoms with Crippen LogP contribution >= 0.6 is 0 Å². The Balaban J connectivity index is 1.83. The monoisotopic (exact) mass is 267 g/mol. The molecule has 2 heterocycles. The van der Waals surface area contributed by atoms with E-state index in [0.29, 0.717) is 12.5 Å². The number of nitrogens with one attached hydrogen (secondary N) is 1. The van der Waals surface area contributed by atoms with E-state index in [1.807, 2.05) is 13.8 Å². The molecule has 5 heteroatoms. The maximum absolute atomic E-state index is 12.1. The number of amides is 2. The minimum Gasteiger partial charge on any atom is -0.304 e. The normalized spacial score (nSPS) is 26.7. The molecule has 0 spiro atoms. The van der Waals surface area contributed by atoms with Crippen molar-refractivity contribution < 1.29 is 9.59 Å². The first kappa shape index (κ1) is 14.5. The van der Waals surface area contributed by atoms with E-state index in [0.717, 1.165) is 19.6 Å². The Kier molecular flexibility index (Phi) is 4.58. The lowest BCUT2D eigenvalue weighted by Crippen LogP contribution is -2.46. The molecule has 0 bridgehead atoms. The van der Waals surface area contributed by atoms with Crippen LogP contribution in [0.1, 0.15) is 40.0 Å². The summed E-state index contributed by atoms with van der Waals surface area (Å²) in [5, 5.41) is 3.27. The molecule has 108 valence electrons. The van der Waals surface area contributed by atoms with Gasteiger partial charge in [-0.25, -0.2) is 0 Å². The Hall–Kier alpha value is -0.940. The SMILES string of the molecule is CC(CNC1CC(=O)N(C(C)C)C1=O)N1CCCC1. The predicted octanol–water partition coefficient (Wildman–Crippen LogP) is 0.596. The van der Waals surface area contributed by atoms with Gasteiger partial charge in [-0.1, -0.05) is 0 Å². The molecule has 0 aromatic rings. The van der Waals surface area contributed by atoms with Gasteiger partial charge in [0, 0.05) is 18.6 Å². The van der Waals surface area contributed by atoms with Gasteiger partial charge in [0.05, 0.1) is 12.5 Å². The number of carbonyl (C=O) groups is 2. The van der Waals surface area contributed by atoms with Gasteiger partial charge in [0.2, 0.25) is 11.8 Å². The average molecular weight is 267 g/mol. The third kappa shape index (κ3) is 3.15.